The number of aliphatic hydroxyl groups excluding tert-OH is 10. The minimum atomic E-state index is -2.39. The van der Waals surface area contributed by atoms with Gasteiger partial charge in [-0.05, 0) is 33.1 Å². The van der Waals surface area contributed by atoms with Crippen LogP contribution in [0.5, 0.6) is 0 Å². The molecule has 23 heteroatoms. The van der Waals surface area contributed by atoms with Crippen molar-refractivity contribution in [3.8, 4) is 0 Å². The van der Waals surface area contributed by atoms with Gasteiger partial charge in [0, 0.05) is 43.9 Å². The smallest absolute Gasteiger partial charge is 0.332 e. The van der Waals surface area contributed by atoms with Crippen molar-refractivity contribution in [3.63, 3.8) is 0 Å². The number of hydrogen-bond acceptors (Lipinski definition) is 20. The number of amides is 2. The van der Waals surface area contributed by atoms with E-state index in [-0.39, 0.29) is 31.6 Å². The second-order valence-corrected chi connectivity index (χ2v) is 19.7. The summed E-state index contributed by atoms with van der Waals surface area (Å²) in [6.07, 6.45) is -0.436. The Bertz CT molecular complexity index is 2000. The quantitative estimate of drug-likeness (QED) is 0.131. The van der Waals surface area contributed by atoms with Crippen molar-refractivity contribution in [1.29, 1.82) is 0 Å². The highest BCUT2D eigenvalue weighted by molar-refractivity contribution is 5.89. The van der Waals surface area contributed by atoms with Crippen LogP contribution >= 0.6 is 0 Å². The molecule has 0 aromatic heterocycles. The van der Waals surface area contributed by atoms with Gasteiger partial charge >= 0.3 is 18.0 Å². The van der Waals surface area contributed by atoms with Gasteiger partial charge in [0.1, 0.15) is 12.2 Å². The third-order valence-electron chi connectivity index (χ3n) is 13.2. The number of aliphatic carboxylic acids is 1. The molecule has 0 saturated carbocycles. The molecule has 2 amide bonds. The minimum absolute atomic E-state index is 0.145. The van der Waals surface area contributed by atoms with Crippen LogP contribution in [0.2, 0.25) is 0 Å². The molecule has 3 rings (SSSR count). The van der Waals surface area contributed by atoms with Crippen LogP contribution in [0.15, 0.2) is 85.1 Å². The molecule has 0 aliphatic carbocycles. The van der Waals surface area contributed by atoms with Crippen molar-refractivity contribution in [2.24, 2.45) is 17.6 Å². The maximum atomic E-state index is 13.2. The fourth-order valence-electron chi connectivity index (χ4n) is 8.59. The Morgan fingerprint density at radius 1 is 0.720 bits per heavy atom. The van der Waals surface area contributed by atoms with Crippen LogP contribution in [0.25, 0.3) is 0 Å². The van der Waals surface area contributed by atoms with Gasteiger partial charge in [-0.2, -0.15) is 0 Å². The third-order valence-corrected chi connectivity index (χ3v) is 13.2. The molecule has 3 aliphatic rings. The van der Waals surface area contributed by atoms with E-state index in [1.54, 1.807) is 92.8 Å². The molecular weight excluding hydrogens is 987 g/mol. The van der Waals surface area contributed by atoms with Gasteiger partial charge in [0.15, 0.2) is 24.0 Å². The van der Waals surface area contributed by atoms with Gasteiger partial charge in [0.2, 0.25) is 0 Å². The maximum Gasteiger partial charge on any atom is 0.332 e. The summed E-state index contributed by atoms with van der Waals surface area (Å²) >= 11 is 0. The Labute approximate surface area is 437 Å². The van der Waals surface area contributed by atoms with E-state index in [0.29, 0.717) is 0 Å². The van der Waals surface area contributed by atoms with Crippen LogP contribution in [0.3, 0.4) is 0 Å². The predicted molar refractivity (Wildman–Crippen MR) is 269 cm³/mol. The standard InChI is InChI=1S/C52H81N3O20/c1-29-17-15-13-11-9-7-5-6-8-10-12-14-16-18-37(74-50-48(67)44(53)47(66)32(4)73-50)25-42-45(55-51(70)54-28-36(59)23-40(62)49(68)69)41(63)27-52(71,75-42)26-35(58)22-39(61)38(60)20-19-33(56)21-34(57)24-43(64)72-31(3)30(2)46(29)65/h5-18,29-35,37-42,44-48,50,56-58,60-63,65-67,71H,19-28,53H2,1-4H3,(H,68,69)(H2,54,55,70)/b6-5+,9-7+,10-8+,13-11+,14-12+,17-15+,18-16+/t29-,30-,31-,32+,33+,34+,35-,37-,38+,39+,40+,41-,42-,44-,45+,46+,47+,48-,50-,52+/m0/s1. The zero-order chi connectivity index (χ0) is 56.0. The first-order valence-electron chi connectivity index (χ1n) is 25.2. The average molecular weight is 1070 g/mol. The van der Waals surface area contributed by atoms with Crippen molar-refractivity contribution in [2.75, 3.05) is 6.54 Å². The van der Waals surface area contributed by atoms with Gasteiger partial charge in [0.25, 0.3) is 0 Å². The highest BCUT2D eigenvalue weighted by atomic mass is 16.7. The van der Waals surface area contributed by atoms with Crippen LogP contribution < -0.4 is 16.4 Å². The van der Waals surface area contributed by atoms with Crippen LogP contribution in [-0.4, -0.2) is 201 Å². The number of carboxylic acid groups (broad SMARTS) is 1. The molecule has 75 heavy (non-hydrogen) atoms. The topological polar surface area (TPSA) is 398 Å². The number of fused-ring (bicyclic) bond motifs is 2. The van der Waals surface area contributed by atoms with Crippen molar-refractivity contribution >= 4 is 23.8 Å². The molecular formula is C52H81N3O20. The van der Waals surface area contributed by atoms with E-state index < -0.39 is 178 Å². The van der Waals surface area contributed by atoms with E-state index in [9.17, 15) is 75.3 Å². The number of allylic oxidation sites excluding steroid dienone is 12. The summed E-state index contributed by atoms with van der Waals surface area (Å²) in [7, 11) is 0. The lowest BCUT2D eigenvalue weighted by atomic mass is 9.87. The van der Waals surface area contributed by atoms with Crippen LogP contribution in [-0.2, 0) is 33.3 Å². The summed E-state index contributed by atoms with van der Waals surface area (Å²) < 4.78 is 23.5. The summed E-state index contributed by atoms with van der Waals surface area (Å²) in [6.45, 7) is 5.95. The first-order valence-corrected chi connectivity index (χ1v) is 25.2. The van der Waals surface area contributed by atoms with Crippen LogP contribution in [0.4, 0.5) is 4.79 Å². The number of nitrogens with one attached hydrogen (secondary N) is 2. The number of nitrogens with two attached hydrogens (primary N) is 1. The number of carboxylic acids is 1. The molecule has 0 spiro atoms. The van der Waals surface area contributed by atoms with Crippen LogP contribution in [0, 0.1) is 11.8 Å². The number of hydrogen-bond donors (Lipinski definition) is 15. The number of Topliss-reactive ketones (excluding diaryl/α,β-unsaturated/α-hetero) is 1. The molecule has 16 N–H and O–H groups in total. The number of aliphatic hydroxyl groups is 11. The summed E-state index contributed by atoms with van der Waals surface area (Å²) in [5, 5.41) is 133. The molecule has 0 radical (unpaired) electrons. The van der Waals surface area contributed by atoms with E-state index in [0.717, 1.165) is 0 Å². The van der Waals surface area contributed by atoms with Gasteiger partial charge in [-0.3, -0.25) is 9.59 Å². The lowest BCUT2D eigenvalue weighted by Gasteiger charge is -2.46. The maximum absolute atomic E-state index is 13.2. The van der Waals surface area contributed by atoms with Gasteiger partial charge < -0.3 is 96.6 Å². The molecule has 3 aliphatic heterocycles. The van der Waals surface area contributed by atoms with Gasteiger partial charge in [-0.15, -0.1) is 0 Å². The summed E-state index contributed by atoms with van der Waals surface area (Å²) in [4.78, 5) is 49.2. The Morgan fingerprint density at radius 2 is 1.31 bits per heavy atom. The van der Waals surface area contributed by atoms with E-state index in [4.69, 9.17) is 29.8 Å². The van der Waals surface area contributed by atoms with Gasteiger partial charge in [-0.1, -0.05) is 98.9 Å². The molecule has 0 aromatic rings. The van der Waals surface area contributed by atoms with Gasteiger partial charge in [-0.25, -0.2) is 9.59 Å². The Morgan fingerprint density at radius 3 is 1.91 bits per heavy atom. The zero-order valence-electron chi connectivity index (χ0n) is 42.8. The van der Waals surface area contributed by atoms with E-state index in [1.807, 2.05) is 6.92 Å². The number of ketones is 1. The molecule has 20 atom stereocenters. The Hall–Kier alpha value is -4.54. The summed E-state index contributed by atoms with van der Waals surface area (Å²) in [5.74, 6) is -6.43. The lowest BCUT2D eigenvalue weighted by Crippen LogP contribution is -2.64. The molecule has 23 nitrogen and oxygen atoms in total. The predicted octanol–water partition coefficient (Wildman–Crippen LogP) is -0.917. The molecule has 2 bridgehead atoms. The fraction of sp³-hybridized carbons (Fsp3) is 0.654. The van der Waals surface area contributed by atoms with E-state index in [2.05, 4.69) is 10.6 Å². The first kappa shape index (κ1) is 64.7. The van der Waals surface area contributed by atoms with Crippen molar-refractivity contribution in [1.82, 2.24) is 10.6 Å². The van der Waals surface area contributed by atoms with Gasteiger partial charge in [0.05, 0.1) is 92.2 Å². The van der Waals surface area contributed by atoms with Crippen molar-refractivity contribution < 1.29 is 99.4 Å². The second-order valence-electron chi connectivity index (χ2n) is 19.7. The number of carbonyl (C=O) groups is 4. The summed E-state index contributed by atoms with van der Waals surface area (Å²) in [6, 6.07) is -3.67. The van der Waals surface area contributed by atoms with Crippen LogP contribution in [0.1, 0.15) is 85.5 Å². The molecule has 2 fully saturated rings. The second kappa shape index (κ2) is 32.3. The van der Waals surface area contributed by atoms with Crippen molar-refractivity contribution in [3.05, 3.63) is 85.1 Å². The molecule has 2 saturated heterocycles. The number of rotatable bonds is 8. The Balaban J connectivity index is 1.95. The first-order chi connectivity index (χ1) is 35.3. The zero-order valence-corrected chi connectivity index (χ0v) is 42.8. The molecule has 0 unspecified atom stereocenters. The SMILES string of the molecule is C[C@@H]1[C@H](O)[C@@H](C)/C=C/C=C/C=C/C=C/C=C/C=C/C=C/[C@H](O[C@@H]2O[C@H](C)[C@@H](O)[C@H](N)[C@@H]2O)C[C@@H]2O[C@](O)(C[C@@H](O)C[C@@H](O)[C@H](O)CC[C@@H](O)C[C@@H](O)CC(=O)O[C@H]1C)C[C@H](O)[C@H]2NC(=O)NCC(=O)C[C@@H](O)C(=O)O. The third kappa shape index (κ3) is 22.9. The average Bonchev–Trinajstić information content (AvgIpc) is 3.33. The molecule has 3 heterocycles. The normalized spacial score (nSPS) is 41.3. The highest BCUT2D eigenvalue weighted by Gasteiger charge is 2.49. The Kier molecular flexibility index (Phi) is 27.8. The largest absolute Gasteiger partial charge is 0.479 e. The summed E-state index contributed by atoms with van der Waals surface area (Å²) in [5.41, 5.74) is 6.08. The highest BCUT2D eigenvalue weighted by Crippen LogP contribution is 2.35. The fourth-order valence-corrected chi connectivity index (χ4v) is 8.59. The van der Waals surface area contributed by atoms with E-state index >= 15 is 0 Å². The van der Waals surface area contributed by atoms with E-state index in [1.165, 1.54) is 13.0 Å². The number of urea groups is 1. The van der Waals surface area contributed by atoms with Crippen molar-refractivity contribution in [2.45, 2.75) is 195 Å². The number of cyclic esters (lactones) is 1. The number of esters is 1. The lowest BCUT2D eigenvalue weighted by molar-refractivity contribution is -0.303. The number of ether oxygens (including phenoxy) is 4. The molecule has 424 valence electrons. The molecule has 0 aromatic carbocycles. The monoisotopic (exact) mass is 1070 g/mol. The minimum Gasteiger partial charge on any atom is -0.479 e. The number of carbonyl (C=O) groups excluding carboxylic acids is 3.